The molecule has 2 aromatic heterocycles. The highest BCUT2D eigenvalue weighted by atomic mass is 79.9. The van der Waals surface area contributed by atoms with Crippen LogP contribution in [0.5, 0.6) is 0 Å². The largest absolute Gasteiger partial charge is 0.318 e. The summed E-state index contributed by atoms with van der Waals surface area (Å²) in [5.74, 6) is -1.88. The van der Waals surface area contributed by atoms with Gasteiger partial charge in [-0.05, 0) is 42.5 Å². The van der Waals surface area contributed by atoms with Gasteiger partial charge in [-0.2, -0.15) is 0 Å². The van der Waals surface area contributed by atoms with E-state index in [1.807, 2.05) is 12.1 Å². The van der Waals surface area contributed by atoms with Crippen LogP contribution in [0.1, 0.15) is 16.2 Å². The number of nitrogens with one attached hydrogen (secondary N) is 1. The molecule has 0 atom stereocenters. The highest BCUT2D eigenvalue weighted by Crippen LogP contribution is 2.24. The minimum atomic E-state index is -0.760. The molecule has 2 aromatic carbocycles. The molecule has 0 bridgehead atoms. The molecule has 7 nitrogen and oxygen atoms in total. The van der Waals surface area contributed by atoms with Crippen LogP contribution >= 0.6 is 27.7 Å². The quantitative estimate of drug-likeness (QED) is 0.305. The molecular formula is C20H13BrF2N6OS. The van der Waals surface area contributed by atoms with Crippen molar-refractivity contribution in [2.45, 2.75) is 10.9 Å². The number of nitrogens with zero attached hydrogens (tertiary/aromatic N) is 5. The molecule has 0 saturated carbocycles. The van der Waals surface area contributed by atoms with E-state index in [9.17, 15) is 13.6 Å². The Morgan fingerprint density at radius 3 is 2.58 bits per heavy atom. The van der Waals surface area contributed by atoms with Crippen LogP contribution in [-0.4, -0.2) is 30.9 Å². The number of rotatable bonds is 6. The molecule has 31 heavy (non-hydrogen) atoms. The summed E-state index contributed by atoms with van der Waals surface area (Å²) in [4.78, 5) is 21.2. The van der Waals surface area contributed by atoms with E-state index >= 15 is 0 Å². The van der Waals surface area contributed by atoms with Gasteiger partial charge < -0.3 is 5.32 Å². The standard InChI is InChI=1S/C20H13BrF2N6OS/c21-12-2-5-14(6-3-12)29-17(11-31-20-24-8-1-9-25-20)18(27-28-29)19(30)26-16-10-13(22)4-7-15(16)23/h1-10H,11H2,(H,26,30). The summed E-state index contributed by atoms with van der Waals surface area (Å²) >= 11 is 4.67. The molecule has 4 rings (SSSR count). The second kappa shape index (κ2) is 9.31. The van der Waals surface area contributed by atoms with Crippen LogP contribution in [-0.2, 0) is 5.75 Å². The molecule has 0 aliphatic rings. The van der Waals surface area contributed by atoms with Gasteiger partial charge in [0.05, 0.1) is 17.1 Å². The van der Waals surface area contributed by atoms with Crippen molar-refractivity contribution in [1.29, 1.82) is 0 Å². The third-order valence-corrected chi connectivity index (χ3v) is 5.52. The number of hydrogen-bond donors (Lipinski definition) is 1. The Balaban J connectivity index is 1.68. The van der Waals surface area contributed by atoms with Crippen molar-refractivity contribution in [2.24, 2.45) is 0 Å². The maximum Gasteiger partial charge on any atom is 0.278 e. The first kappa shape index (κ1) is 21.1. The van der Waals surface area contributed by atoms with Crippen molar-refractivity contribution in [1.82, 2.24) is 25.0 Å². The number of amides is 1. The molecule has 0 aliphatic heterocycles. The van der Waals surface area contributed by atoms with E-state index in [4.69, 9.17) is 0 Å². The fourth-order valence-corrected chi connectivity index (χ4v) is 3.72. The van der Waals surface area contributed by atoms with E-state index in [1.165, 1.54) is 16.4 Å². The predicted molar refractivity (Wildman–Crippen MR) is 115 cm³/mol. The zero-order chi connectivity index (χ0) is 21.8. The molecule has 4 aromatic rings. The van der Waals surface area contributed by atoms with Crippen LogP contribution < -0.4 is 5.32 Å². The lowest BCUT2D eigenvalue weighted by Gasteiger charge is -2.09. The SMILES string of the molecule is O=C(Nc1cc(F)ccc1F)c1nnn(-c2ccc(Br)cc2)c1CSc1ncccn1. The van der Waals surface area contributed by atoms with Gasteiger partial charge >= 0.3 is 0 Å². The highest BCUT2D eigenvalue weighted by Gasteiger charge is 2.22. The summed E-state index contributed by atoms with van der Waals surface area (Å²) in [5, 5.41) is 11.0. The van der Waals surface area contributed by atoms with Gasteiger partial charge in [0.15, 0.2) is 10.9 Å². The number of hydrogen-bond acceptors (Lipinski definition) is 6. The first-order chi connectivity index (χ1) is 15.0. The van der Waals surface area contributed by atoms with E-state index in [0.717, 1.165) is 22.7 Å². The monoisotopic (exact) mass is 502 g/mol. The van der Waals surface area contributed by atoms with E-state index in [-0.39, 0.29) is 17.1 Å². The third kappa shape index (κ3) is 4.94. The Morgan fingerprint density at radius 1 is 1.10 bits per heavy atom. The maximum absolute atomic E-state index is 14.0. The number of anilines is 1. The highest BCUT2D eigenvalue weighted by molar-refractivity contribution is 9.10. The number of carbonyl (C=O) groups is 1. The summed E-state index contributed by atoms with van der Waals surface area (Å²) in [7, 11) is 0. The Kier molecular flexibility index (Phi) is 6.33. The van der Waals surface area contributed by atoms with Crippen molar-refractivity contribution < 1.29 is 13.6 Å². The molecule has 2 heterocycles. The maximum atomic E-state index is 14.0. The lowest BCUT2D eigenvalue weighted by atomic mass is 10.2. The van der Waals surface area contributed by atoms with Crippen LogP contribution in [0.2, 0.25) is 0 Å². The molecule has 156 valence electrons. The summed E-state index contributed by atoms with van der Waals surface area (Å²) < 4.78 is 29.8. The van der Waals surface area contributed by atoms with E-state index < -0.39 is 17.5 Å². The van der Waals surface area contributed by atoms with Crippen LogP contribution in [0, 0.1) is 11.6 Å². The van der Waals surface area contributed by atoms with Crippen LogP contribution in [0.4, 0.5) is 14.5 Å². The van der Waals surface area contributed by atoms with Crippen molar-refractivity contribution in [3.05, 3.63) is 88.4 Å². The Hall–Kier alpha value is -3.18. The number of aromatic nitrogens is 5. The fourth-order valence-electron chi connectivity index (χ4n) is 2.66. The van der Waals surface area contributed by atoms with Gasteiger partial charge in [-0.1, -0.05) is 32.9 Å². The van der Waals surface area contributed by atoms with E-state index in [2.05, 4.69) is 41.5 Å². The second-order valence-electron chi connectivity index (χ2n) is 6.17. The van der Waals surface area contributed by atoms with Gasteiger partial charge in [-0.25, -0.2) is 23.4 Å². The van der Waals surface area contributed by atoms with Crippen LogP contribution in [0.25, 0.3) is 5.69 Å². The Bertz CT molecular complexity index is 1220. The first-order valence-corrected chi connectivity index (χ1v) is 10.7. The first-order valence-electron chi connectivity index (χ1n) is 8.88. The lowest BCUT2D eigenvalue weighted by Crippen LogP contribution is -2.16. The van der Waals surface area contributed by atoms with Crippen molar-refractivity contribution in [2.75, 3.05) is 5.32 Å². The Labute approximate surface area is 188 Å². The lowest BCUT2D eigenvalue weighted by molar-refractivity contribution is 0.102. The summed E-state index contributed by atoms with van der Waals surface area (Å²) in [5.41, 5.74) is 0.827. The molecule has 0 unspecified atom stereocenters. The molecular weight excluding hydrogens is 490 g/mol. The third-order valence-electron chi connectivity index (χ3n) is 4.11. The Morgan fingerprint density at radius 2 is 1.84 bits per heavy atom. The molecule has 0 fully saturated rings. The zero-order valence-corrected chi connectivity index (χ0v) is 18.1. The number of carbonyl (C=O) groups excluding carboxylic acids is 1. The minimum Gasteiger partial charge on any atom is -0.318 e. The molecule has 11 heteroatoms. The average Bonchev–Trinajstić information content (AvgIpc) is 3.20. The second-order valence-corrected chi connectivity index (χ2v) is 8.03. The molecule has 1 N–H and O–H groups in total. The van der Waals surface area contributed by atoms with Gasteiger partial charge in [0, 0.05) is 28.7 Å². The zero-order valence-electron chi connectivity index (χ0n) is 15.7. The topological polar surface area (TPSA) is 85.6 Å². The number of thioether (sulfide) groups is 1. The van der Waals surface area contributed by atoms with E-state index in [1.54, 1.807) is 30.6 Å². The predicted octanol–water partition coefficient (Wildman–Crippen LogP) is 4.64. The number of benzene rings is 2. The van der Waals surface area contributed by atoms with Crippen molar-refractivity contribution >= 4 is 39.3 Å². The normalized spacial score (nSPS) is 10.8. The van der Waals surface area contributed by atoms with Crippen molar-refractivity contribution in [3.8, 4) is 5.69 Å². The minimum absolute atomic E-state index is 0.0185. The molecule has 0 spiro atoms. The van der Waals surface area contributed by atoms with Gasteiger partial charge in [0.25, 0.3) is 5.91 Å². The molecule has 0 aliphatic carbocycles. The fraction of sp³-hybridized carbons (Fsp3) is 0.0500. The van der Waals surface area contributed by atoms with Gasteiger partial charge in [0.2, 0.25) is 0 Å². The van der Waals surface area contributed by atoms with Crippen molar-refractivity contribution in [3.63, 3.8) is 0 Å². The van der Waals surface area contributed by atoms with Gasteiger partial charge in [-0.3, -0.25) is 4.79 Å². The van der Waals surface area contributed by atoms with Gasteiger partial charge in [0.1, 0.15) is 11.6 Å². The smallest absolute Gasteiger partial charge is 0.278 e. The molecule has 0 radical (unpaired) electrons. The summed E-state index contributed by atoms with van der Waals surface area (Å²) in [6, 6.07) is 11.8. The average molecular weight is 503 g/mol. The number of halogens is 3. The van der Waals surface area contributed by atoms with Gasteiger partial charge in [-0.15, -0.1) is 5.10 Å². The molecule has 0 saturated heterocycles. The van der Waals surface area contributed by atoms with Crippen LogP contribution in [0.15, 0.2) is 70.6 Å². The summed E-state index contributed by atoms with van der Waals surface area (Å²) in [6.45, 7) is 0. The summed E-state index contributed by atoms with van der Waals surface area (Å²) in [6.07, 6.45) is 3.22. The van der Waals surface area contributed by atoms with Crippen LogP contribution in [0.3, 0.4) is 0 Å². The molecule has 1 amide bonds. The van der Waals surface area contributed by atoms with E-state index in [0.29, 0.717) is 16.5 Å².